The molecule has 2 rings (SSSR count). The van der Waals surface area contributed by atoms with Crippen molar-refractivity contribution >= 4 is 15.9 Å². The molecule has 0 aliphatic rings. The lowest BCUT2D eigenvalue weighted by molar-refractivity contribution is 0.619. The van der Waals surface area contributed by atoms with Crippen molar-refractivity contribution in [1.82, 2.24) is 4.98 Å². The molecule has 1 nitrogen and oxygen atoms in total. The first-order valence-electron chi connectivity index (χ1n) is 4.59. The second-order valence-corrected chi connectivity index (χ2v) is 4.10. The van der Waals surface area contributed by atoms with Gasteiger partial charge in [0.2, 0.25) is 0 Å². The number of pyridine rings is 1. The minimum atomic E-state index is -0.233. The van der Waals surface area contributed by atoms with Crippen LogP contribution in [0.25, 0.3) is 0 Å². The van der Waals surface area contributed by atoms with Gasteiger partial charge in [0.05, 0.1) is 4.47 Å². The molecule has 1 aromatic heterocycles. The van der Waals surface area contributed by atoms with E-state index in [0.29, 0.717) is 10.9 Å². The van der Waals surface area contributed by atoms with E-state index in [2.05, 4.69) is 20.9 Å². The zero-order valence-electron chi connectivity index (χ0n) is 7.95. The van der Waals surface area contributed by atoms with Crippen LogP contribution in [-0.2, 0) is 6.42 Å². The minimum Gasteiger partial charge on any atom is -0.261 e. The summed E-state index contributed by atoms with van der Waals surface area (Å²) in [6.07, 6.45) is 2.40. The first-order chi connectivity index (χ1) is 7.25. The van der Waals surface area contributed by atoms with Crippen LogP contribution in [-0.4, -0.2) is 4.98 Å². The second-order valence-electron chi connectivity index (χ2n) is 3.25. The summed E-state index contributed by atoms with van der Waals surface area (Å²) in [5.41, 5.74) is 1.87. The maximum absolute atomic E-state index is 13.2. The van der Waals surface area contributed by atoms with Crippen LogP contribution in [0, 0.1) is 5.82 Å². The summed E-state index contributed by atoms with van der Waals surface area (Å²) in [7, 11) is 0. The predicted molar refractivity (Wildman–Crippen MR) is 61.1 cm³/mol. The SMILES string of the molecule is Fc1cc(Cc2ccccn2)ccc1Br. The molecule has 0 amide bonds. The third-order valence-electron chi connectivity index (χ3n) is 2.10. The van der Waals surface area contributed by atoms with Gasteiger partial charge in [0.1, 0.15) is 5.82 Å². The number of aromatic nitrogens is 1. The van der Waals surface area contributed by atoms with Crippen LogP contribution < -0.4 is 0 Å². The molecule has 0 aliphatic heterocycles. The zero-order chi connectivity index (χ0) is 10.7. The Morgan fingerprint density at radius 1 is 1.20 bits per heavy atom. The summed E-state index contributed by atoms with van der Waals surface area (Å²) in [6, 6.07) is 10.9. The van der Waals surface area contributed by atoms with Gasteiger partial charge in [0.25, 0.3) is 0 Å². The van der Waals surface area contributed by atoms with E-state index in [1.54, 1.807) is 12.3 Å². The van der Waals surface area contributed by atoms with E-state index in [1.807, 2.05) is 24.3 Å². The Balaban J connectivity index is 2.22. The molecule has 0 radical (unpaired) electrons. The van der Waals surface area contributed by atoms with Gasteiger partial charge in [-0.15, -0.1) is 0 Å². The Bertz CT molecular complexity index is 456. The summed E-state index contributed by atoms with van der Waals surface area (Å²) in [5.74, 6) is -0.233. The smallest absolute Gasteiger partial charge is 0.137 e. The largest absolute Gasteiger partial charge is 0.261 e. The topological polar surface area (TPSA) is 12.9 Å². The third-order valence-corrected chi connectivity index (χ3v) is 2.74. The van der Waals surface area contributed by atoms with Gasteiger partial charge < -0.3 is 0 Å². The van der Waals surface area contributed by atoms with E-state index in [4.69, 9.17) is 0 Å². The molecule has 0 bridgehead atoms. The average Bonchev–Trinajstić information content (AvgIpc) is 2.25. The molecule has 0 spiro atoms. The highest BCUT2D eigenvalue weighted by Gasteiger charge is 2.01. The Morgan fingerprint density at radius 2 is 2.07 bits per heavy atom. The molecule has 2 aromatic rings. The summed E-state index contributed by atoms with van der Waals surface area (Å²) in [4.78, 5) is 4.19. The molecular formula is C12H9BrFN. The first-order valence-corrected chi connectivity index (χ1v) is 5.39. The van der Waals surface area contributed by atoms with Crippen LogP contribution in [0.3, 0.4) is 0 Å². The number of nitrogens with zero attached hydrogens (tertiary/aromatic N) is 1. The van der Waals surface area contributed by atoms with Crippen molar-refractivity contribution in [3.05, 3.63) is 64.1 Å². The molecule has 15 heavy (non-hydrogen) atoms. The third kappa shape index (κ3) is 2.63. The Morgan fingerprint density at radius 3 is 2.73 bits per heavy atom. The molecule has 0 fully saturated rings. The van der Waals surface area contributed by atoms with Gasteiger partial charge in [-0.05, 0) is 45.8 Å². The van der Waals surface area contributed by atoms with E-state index in [0.717, 1.165) is 11.3 Å². The van der Waals surface area contributed by atoms with Crippen molar-refractivity contribution in [3.63, 3.8) is 0 Å². The molecule has 1 heterocycles. The van der Waals surface area contributed by atoms with Crippen molar-refractivity contribution < 1.29 is 4.39 Å². The molecule has 3 heteroatoms. The van der Waals surface area contributed by atoms with Gasteiger partial charge in [0.15, 0.2) is 0 Å². The van der Waals surface area contributed by atoms with Gasteiger partial charge in [-0.3, -0.25) is 4.98 Å². The van der Waals surface area contributed by atoms with Gasteiger partial charge in [0, 0.05) is 18.3 Å². The fourth-order valence-corrected chi connectivity index (χ4v) is 1.61. The van der Waals surface area contributed by atoms with Crippen LogP contribution in [0.5, 0.6) is 0 Å². The standard InChI is InChI=1S/C12H9BrFN/c13-11-5-4-9(8-12(11)14)7-10-3-1-2-6-15-10/h1-6,8H,7H2. The predicted octanol–water partition coefficient (Wildman–Crippen LogP) is 3.57. The summed E-state index contributed by atoms with van der Waals surface area (Å²) >= 11 is 3.12. The highest BCUT2D eigenvalue weighted by Crippen LogP contribution is 2.17. The lowest BCUT2D eigenvalue weighted by Crippen LogP contribution is -1.92. The lowest BCUT2D eigenvalue weighted by atomic mass is 10.1. The van der Waals surface area contributed by atoms with E-state index in [1.165, 1.54) is 6.07 Å². The Kier molecular flexibility index (Phi) is 3.11. The second kappa shape index (κ2) is 4.53. The molecule has 0 unspecified atom stereocenters. The average molecular weight is 266 g/mol. The monoisotopic (exact) mass is 265 g/mol. The van der Waals surface area contributed by atoms with Gasteiger partial charge in [-0.1, -0.05) is 12.1 Å². The number of halogens is 2. The van der Waals surface area contributed by atoms with Crippen molar-refractivity contribution in [3.8, 4) is 0 Å². The van der Waals surface area contributed by atoms with Crippen LogP contribution in [0.4, 0.5) is 4.39 Å². The molecule has 0 aliphatic carbocycles. The van der Waals surface area contributed by atoms with Crippen LogP contribution in [0.15, 0.2) is 47.1 Å². The van der Waals surface area contributed by atoms with E-state index in [-0.39, 0.29) is 5.82 Å². The maximum atomic E-state index is 13.2. The first kappa shape index (κ1) is 10.3. The highest BCUT2D eigenvalue weighted by molar-refractivity contribution is 9.10. The molecule has 1 aromatic carbocycles. The van der Waals surface area contributed by atoms with Gasteiger partial charge in [-0.25, -0.2) is 4.39 Å². The van der Waals surface area contributed by atoms with Gasteiger partial charge in [-0.2, -0.15) is 0 Å². The summed E-state index contributed by atoms with van der Waals surface area (Å²) in [6.45, 7) is 0. The molecule has 76 valence electrons. The molecule has 0 atom stereocenters. The highest BCUT2D eigenvalue weighted by atomic mass is 79.9. The number of hydrogen-bond acceptors (Lipinski definition) is 1. The molecule has 0 saturated carbocycles. The number of rotatable bonds is 2. The van der Waals surface area contributed by atoms with Crippen LogP contribution in [0.1, 0.15) is 11.3 Å². The minimum absolute atomic E-state index is 0.233. The maximum Gasteiger partial charge on any atom is 0.137 e. The zero-order valence-corrected chi connectivity index (χ0v) is 9.54. The van der Waals surface area contributed by atoms with E-state index < -0.39 is 0 Å². The van der Waals surface area contributed by atoms with E-state index in [9.17, 15) is 4.39 Å². The normalized spacial score (nSPS) is 10.3. The quantitative estimate of drug-likeness (QED) is 0.809. The number of benzene rings is 1. The molecule has 0 N–H and O–H groups in total. The lowest BCUT2D eigenvalue weighted by Gasteiger charge is -2.02. The van der Waals surface area contributed by atoms with Crippen LogP contribution >= 0.6 is 15.9 Å². The van der Waals surface area contributed by atoms with Crippen molar-refractivity contribution in [2.24, 2.45) is 0 Å². The molecule has 0 saturated heterocycles. The van der Waals surface area contributed by atoms with Crippen molar-refractivity contribution in [2.45, 2.75) is 6.42 Å². The fraction of sp³-hybridized carbons (Fsp3) is 0.0833. The number of hydrogen-bond donors (Lipinski definition) is 0. The Hall–Kier alpha value is -1.22. The summed E-state index contributed by atoms with van der Waals surface area (Å²) < 4.78 is 13.7. The Labute approximate surface area is 96.1 Å². The van der Waals surface area contributed by atoms with Gasteiger partial charge >= 0.3 is 0 Å². The van der Waals surface area contributed by atoms with E-state index >= 15 is 0 Å². The van der Waals surface area contributed by atoms with Crippen molar-refractivity contribution in [2.75, 3.05) is 0 Å². The molecular weight excluding hydrogens is 257 g/mol. The van der Waals surface area contributed by atoms with Crippen molar-refractivity contribution in [1.29, 1.82) is 0 Å². The summed E-state index contributed by atoms with van der Waals surface area (Å²) in [5, 5.41) is 0. The fourth-order valence-electron chi connectivity index (χ4n) is 1.36. The van der Waals surface area contributed by atoms with Crippen LogP contribution in [0.2, 0.25) is 0 Å².